The Labute approximate surface area is 204 Å². The summed E-state index contributed by atoms with van der Waals surface area (Å²) in [5, 5.41) is 3.13. The highest BCUT2D eigenvalue weighted by atomic mass is 35.5. The number of benzene rings is 3. The number of nitrogens with one attached hydrogen (secondary N) is 1. The zero-order chi connectivity index (χ0) is 24.1. The number of carbonyl (C=O) groups excluding carboxylic acids is 1. The van der Waals surface area contributed by atoms with Gasteiger partial charge in [0.2, 0.25) is 0 Å². The Balaban J connectivity index is 1.76. The Hall–Kier alpha value is -3.55. The van der Waals surface area contributed by atoms with E-state index >= 15 is 0 Å². The number of hydrogen-bond acceptors (Lipinski definition) is 4. The molecule has 4 rings (SSSR count). The van der Waals surface area contributed by atoms with Crippen LogP contribution >= 0.6 is 11.6 Å². The smallest absolute Gasteiger partial charge is 0.270 e. The number of carbonyl (C=O) groups is 1. The Morgan fingerprint density at radius 2 is 1.71 bits per heavy atom. The first-order chi connectivity index (χ1) is 16.4. The van der Waals surface area contributed by atoms with Crippen LogP contribution in [0.2, 0.25) is 5.02 Å². The van der Waals surface area contributed by atoms with Gasteiger partial charge in [0.25, 0.3) is 15.9 Å². The Morgan fingerprint density at radius 3 is 2.38 bits per heavy atom. The van der Waals surface area contributed by atoms with Crippen molar-refractivity contribution in [3.63, 3.8) is 0 Å². The summed E-state index contributed by atoms with van der Waals surface area (Å²) in [5.74, 6) is -0.0536. The second kappa shape index (κ2) is 10.2. The maximum absolute atomic E-state index is 13.7. The molecular formula is C26H23ClN2O4S. The average Bonchev–Trinajstić information content (AvgIpc) is 2.84. The number of nitrogens with zero attached hydrogens (tertiary/aromatic N) is 1. The van der Waals surface area contributed by atoms with Crippen molar-refractivity contribution in [2.24, 2.45) is 0 Å². The van der Waals surface area contributed by atoms with Crippen LogP contribution in [0.5, 0.6) is 5.75 Å². The van der Waals surface area contributed by atoms with E-state index in [1.807, 2.05) is 24.3 Å². The molecule has 3 aromatic carbocycles. The fourth-order valence-corrected chi connectivity index (χ4v) is 5.69. The number of hydrogen-bond donors (Lipinski definition) is 1. The van der Waals surface area contributed by atoms with E-state index in [0.29, 0.717) is 33.2 Å². The van der Waals surface area contributed by atoms with E-state index in [-0.39, 0.29) is 24.6 Å². The van der Waals surface area contributed by atoms with Crippen molar-refractivity contribution in [2.45, 2.75) is 0 Å². The number of para-hydroxylation sites is 1. The van der Waals surface area contributed by atoms with Gasteiger partial charge in [-0.1, -0.05) is 66.2 Å². The van der Waals surface area contributed by atoms with Gasteiger partial charge in [0, 0.05) is 16.2 Å². The summed E-state index contributed by atoms with van der Waals surface area (Å²) >= 11 is 6.29. The lowest BCUT2D eigenvalue weighted by molar-refractivity contribution is -0.116. The summed E-state index contributed by atoms with van der Waals surface area (Å²) in [6.07, 6.45) is 1.48. The first-order valence-electron chi connectivity index (χ1n) is 10.6. The summed E-state index contributed by atoms with van der Waals surface area (Å²) in [7, 11) is -4.19. The maximum atomic E-state index is 13.7. The first kappa shape index (κ1) is 23.6. The van der Waals surface area contributed by atoms with Gasteiger partial charge in [0.1, 0.15) is 12.4 Å². The van der Waals surface area contributed by atoms with Crippen LogP contribution in [-0.4, -0.2) is 34.0 Å². The van der Waals surface area contributed by atoms with Crippen LogP contribution in [0.4, 0.5) is 5.69 Å². The van der Waals surface area contributed by atoms with Crippen molar-refractivity contribution in [1.82, 2.24) is 5.32 Å². The number of rotatable bonds is 8. The van der Waals surface area contributed by atoms with Gasteiger partial charge < -0.3 is 10.1 Å². The van der Waals surface area contributed by atoms with E-state index < -0.39 is 15.9 Å². The minimum atomic E-state index is -4.19. The molecule has 1 aliphatic rings. The predicted molar refractivity (Wildman–Crippen MR) is 135 cm³/mol. The lowest BCUT2D eigenvalue weighted by atomic mass is 9.95. The molecule has 1 amide bonds. The van der Waals surface area contributed by atoms with Gasteiger partial charge in [-0.05, 0) is 35.9 Å². The maximum Gasteiger partial charge on any atom is 0.270 e. The van der Waals surface area contributed by atoms with Crippen molar-refractivity contribution in [3.8, 4) is 5.75 Å². The molecule has 1 N–H and O–H groups in total. The molecule has 0 atom stereocenters. The van der Waals surface area contributed by atoms with Crippen LogP contribution in [0.1, 0.15) is 11.1 Å². The minimum Gasteiger partial charge on any atom is -0.492 e. The van der Waals surface area contributed by atoms with Gasteiger partial charge in [-0.2, -0.15) is 0 Å². The van der Waals surface area contributed by atoms with Crippen molar-refractivity contribution < 1.29 is 17.9 Å². The highest BCUT2D eigenvalue weighted by Gasteiger charge is 2.40. The van der Waals surface area contributed by atoms with E-state index in [1.165, 1.54) is 10.4 Å². The molecule has 1 aliphatic heterocycles. The van der Waals surface area contributed by atoms with Gasteiger partial charge in [0.05, 0.1) is 18.8 Å². The van der Waals surface area contributed by atoms with Gasteiger partial charge >= 0.3 is 0 Å². The predicted octanol–water partition coefficient (Wildman–Crippen LogP) is 4.63. The van der Waals surface area contributed by atoms with Gasteiger partial charge in [-0.25, -0.2) is 8.42 Å². The van der Waals surface area contributed by atoms with E-state index in [9.17, 15) is 13.2 Å². The van der Waals surface area contributed by atoms with Crippen molar-refractivity contribution >= 4 is 38.8 Å². The summed E-state index contributed by atoms with van der Waals surface area (Å²) in [4.78, 5) is 13.0. The number of fused-ring (bicyclic) bond motifs is 1. The largest absolute Gasteiger partial charge is 0.492 e. The summed E-state index contributed by atoms with van der Waals surface area (Å²) in [6, 6.07) is 23.1. The van der Waals surface area contributed by atoms with Crippen LogP contribution in [0.15, 0.2) is 96.4 Å². The van der Waals surface area contributed by atoms with Gasteiger partial charge in [0.15, 0.2) is 4.91 Å². The van der Waals surface area contributed by atoms with Crippen LogP contribution in [0.3, 0.4) is 0 Å². The van der Waals surface area contributed by atoms with Crippen LogP contribution < -0.4 is 14.4 Å². The normalized spacial score (nSPS) is 14.3. The zero-order valence-electron chi connectivity index (χ0n) is 18.3. The zero-order valence-corrected chi connectivity index (χ0v) is 19.9. The lowest BCUT2D eigenvalue weighted by Crippen LogP contribution is -2.42. The number of ether oxygens (including phenoxy) is 1. The standard InChI is InChI=1S/C26H23ClN2O4S/c1-2-16-29-23-14-13-20(27)18-22(23)24(19-9-5-3-6-10-19)25(34(29,31)32)26(30)28-15-17-33-21-11-7-4-8-12-21/h2-14,18H,1,15-17H2,(H,28,30). The fraction of sp³-hybridized carbons (Fsp3) is 0.115. The molecule has 6 nitrogen and oxygen atoms in total. The van der Waals surface area contributed by atoms with E-state index in [1.54, 1.807) is 54.6 Å². The third kappa shape index (κ3) is 4.71. The summed E-state index contributed by atoms with van der Waals surface area (Å²) in [5.41, 5.74) is 1.89. The molecule has 0 saturated heterocycles. The summed E-state index contributed by atoms with van der Waals surface area (Å²) in [6.45, 7) is 4.00. The molecule has 0 aromatic heterocycles. The second-order valence-electron chi connectivity index (χ2n) is 7.47. The molecule has 0 radical (unpaired) electrons. The molecular weight excluding hydrogens is 472 g/mol. The minimum absolute atomic E-state index is 0.00688. The SMILES string of the molecule is C=CCN1c2ccc(Cl)cc2C(c2ccccc2)=C(C(=O)NCCOc2ccccc2)S1(=O)=O. The molecule has 0 unspecified atom stereocenters. The monoisotopic (exact) mass is 494 g/mol. The Kier molecular flexibility index (Phi) is 7.05. The molecule has 3 aromatic rings. The molecule has 1 heterocycles. The fourth-order valence-electron chi connectivity index (χ4n) is 3.78. The van der Waals surface area contributed by atoms with Gasteiger partial charge in [-0.3, -0.25) is 9.10 Å². The number of anilines is 1. The average molecular weight is 495 g/mol. The van der Waals surface area contributed by atoms with Crippen molar-refractivity contribution in [3.05, 3.63) is 113 Å². The number of halogens is 1. The molecule has 0 fully saturated rings. The van der Waals surface area contributed by atoms with Crippen LogP contribution in [-0.2, 0) is 14.8 Å². The van der Waals surface area contributed by atoms with E-state index in [2.05, 4.69) is 11.9 Å². The molecule has 0 saturated carbocycles. The molecule has 0 spiro atoms. The number of sulfonamides is 1. The third-order valence-corrected chi connectivity index (χ3v) is 7.30. The van der Waals surface area contributed by atoms with Crippen LogP contribution in [0, 0.1) is 0 Å². The molecule has 34 heavy (non-hydrogen) atoms. The first-order valence-corrected chi connectivity index (χ1v) is 12.4. The molecule has 0 bridgehead atoms. The molecule has 8 heteroatoms. The van der Waals surface area contributed by atoms with Crippen LogP contribution in [0.25, 0.3) is 5.57 Å². The third-order valence-electron chi connectivity index (χ3n) is 5.23. The Bertz CT molecular complexity index is 1340. The lowest BCUT2D eigenvalue weighted by Gasteiger charge is -2.33. The number of amides is 1. The second-order valence-corrected chi connectivity index (χ2v) is 9.71. The van der Waals surface area contributed by atoms with Crippen molar-refractivity contribution in [1.29, 1.82) is 0 Å². The van der Waals surface area contributed by atoms with E-state index in [4.69, 9.17) is 16.3 Å². The summed E-state index contributed by atoms with van der Waals surface area (Å²) < 4.78 is 34.2. The highest BCUT2D eigenvalue weighted by Crippen LogP contribution is 2.43. The van der Waals surface area contributed by atoms with Crippen molar-refractivity contribution in [2.75, 3.05) is 24.0 Å². The molecule has 0 aliphatic carbocycles. The molecule has 174 valence electrons. The highest BCUT2D eigenvalue weighted by molar-refractivity contribution is 7.97. The topological polar surface area (TPSA) is 75.7 Å². The quantitative estimate of drug-likeness (QED) is 0.366. The van der Waals surface area contributed by atoms with Gasteiger partial charge in [-0.15, -0.1) is 6.58 Å². The Morgan fingerprint density at radius 1 is 1.03 bits per heavy atom. The van der Waals surface area contributed by atoms with E-state index in [0.717, 1.165) is 0 Å².